The fraction of sp³-hybridized carbons (Fsp3) is 0.412. The smallest absolute Gasteiger partial charge is 0.0701 e. The predicted molar refractivity (Wildman–Crippen MR) is 92.5 cm³/mol. The van der Waals surface area contributed by atoms with Gasteiger partial charge in [-0.1, -0.05) is 37.3 Å². The lowest BCUT2D eigenvalue weighted by atomic mass is 9.95. The first kappa shape index (κ1) is 15.7. The predicted octanol–water partition coefficient (Wildman–Crippen LogP) is 4.91. The second-order valence-corrected chi connectivity index (χ2v) is 7.72. The molecule has 0 saturated carbocycles. The van der Waals surface area contributed by atoms with E-state index in [1.165, 1.54) is 20.6 Å². The van der Waals surface area contributed by atoms with Gasteiger partial charge >= 0.3 is 0 Å². The summed E-state index contributed by atoms with van der Waals surface area (Å²) >= 11 is 5.41. The molecule has 1 N–H and O–H groups in total. The van der Waals surface area contributed by atoms with Crippen molar-refractivity contribution >= 4 is 27.3 Å². The molecule has 108 valence electrons. The average molecular weight is 352 g/mol. The van der Waals surface area contributed by atoms with Crippen molar-refractivity contribution in [2.75, 3.05) is 13.1 Å². The maximum Gasteiger partial charge on any atom is 0.0701 e. The Labute approximate surface area is 134 Å². The van der Waals surface area contributed by atoms with Crippen LogP contribution in [0.1, 0.15) is 23.8 Å². The summed E-state index contributed by atoms with van der Waals surface area (Å²) in [6.45, 7) is 4.42. The van der Waals surface area contributed by atoms with Gasteiger partial charge in [-0.15, -0.1) is 11.3 Å². The second-order valence-electron chi connectivity index (χ2n) is 5.17. The van der Waals surface area contributed by atoms with Crippen LogP contribution in [0.15, 0.2) is 46.3 Å². The molecule has 1 nitrogen and oxygen atoms in total. The highest BCUT2D eigenvalue weighted by Crippen LogP contribution is 2.25. The van der Waals surface area contributed by atoms with Crippen LogP contribution in [0.4, 0.5) is 0 Å². The topological polar surface area (TPSA) is 12.0 Å². The number of rotatable bonds is 8. The van der Waals surface area contributed by atoms with E-state index in [1.54, 1.807) is 0 Å². The van der Waals surface area contributed by atoms with Gasteiger partial charge in [-0.2, -0.15) is 0 Å². The van der Waals surface area contributed by atoms with Crippen LogP contribution in [0.5, 0.6) is 0 Å². The van der Waals surface area contributed by atoms with E-state index in [2.05, 4.69) is 70.6 Å². The first-order valence-electron chi connectivity index (χ1n) is 7.26. The average Bonchev–Trinajstić information content (AvgIpc) is 2.85. The van der Waals surface area contributed by atoms with Crippen molar-refractivity contribution in [3.05, 3.63) is 56.7 Å². The molecule has 2 rings (SSSR count). The minimum atomic E-state index is 0.662. The third kappa shape index (κ3) is 5.39. The van der Waals surface area contributed by atoms with Crippen molar-refractivity contribution in [3.8, 4) is 0 Å². The Kier molecular flexibility index (Phi) is 6.77. The van der Waals surface area contributed by atoms with Gasteiger partial charge in [0, 0.05) is 4.88 Å². The standard InChI is InChI=1S/C17H22BrNS/c1-2-10-19-13-15(11-14-6-4-3-5-7-14)12-16-8-9-17(18)20-16/h3-9,15,19H,2,10-13H2,1H3. The van der Waals surface area contributed by atoms with Gasteiger partial charge < -0.3 is 5.32 Å². The van der Waals surface area contributed by atoms with Crippen LogP contribution in [0.3, 0.4) is 0 Å². The van der Waals surface area contributed by atoms with E-state index in [-0.39, 0.29) is 0 Å². The second kappa shape index (κ2) is 8.60. The Morgan fingerprint density at radius 3 is 2.55 bits per heavy atom. The highest BCUT2D eigenvalue weighted by atomic mass is 79.9. The maximum atomic E-state index is 3.58. The van der Waals surface area contributed by atoms with Gasteiger partial charge in [0.1, 0.15) is 0 Å². The summed E-state index contributed by atoms with van der Waals surface area (Å²) in [5.74, 6) is 0.662. The molecule has 0 aliphatic rings. The number of hydrogen-bond donors (Lipinski definition) is 1. The molecule has 0 fully saturated rings. The van der Waals surface area contributed by atoms with Crippen molar-refractivity contribution in [1.29, 1.82) is 0 Å². The SMILES string of the molecule is CCCNCC(Cc1ccccc1)Cc1ccc(Br)s1. The van der Waals surface area contributed by atoms with Gasteiger partial charge in [-0.25, -0.2) is 0 Å². The summed E-state index contributed by atoms with van der Waals surface area (Å²) in [6.07, 6.45) is 3.50. The van der Waals surface area contributed by atoms with Crippen LogP contribution in [0.25, 0.3) is 0 Å². The van der Waals surface area contributed by atoms with Gasteiger partial charge in [-0.3, -0.25) is 0 Å². The van der Waals surface area contributed by atoms with E-state index >= 15 is 0 Å². The molecule has 1 aromatic carbocycles. The summed E-state index contributed by atoms with van der Waals surface area (Å²) < 4.78 is 1.23. The lowest BCUT2D eigenvalue weighted by molar-refractivity contribution is 0.473. The Hall–Kier alpha value is -0.640. The van der Waals surface area contributed by atoms with Crippen molar-refractivity contribution in [3.63, 3.8) is 0 Å². The molecular formula is C17H22BrNS. The quantitative estimate of drug-likeness (QED) is 0.666. The summed E-state index contributed by atoms with van der Waals surface area (Å²) in [4.78, 5) is 1.47. The van der Waals surface area contributed by atoms with Crippen LogP contribution < -0.4 is 5.32 Å². The first-order valence-corrected chi connectivity index (χ1v) is 8.87. The lowest BCUT2D eigenvalue weighted by Gasteiger charge is -2.17. The molecular weight excluding hydrogens is 330 g/mol. The molecule has 0 spiro atoms. The fourth-order valence-electron chi connectivity index (χ4n) is 2.39. The number of nitrogens with one attached hydrogen (secondary N) is 1. The van der Waals surface area contributed by atoms with E-state index in [1.807, 2.05) is 11.3 Å². The Morgan fingerprint density at radius 1 is 1.10 bits per heavy atom. The monoisotopic (exact) mass is 351 g/mol. The lowest BCUT2D eigenvalue weighted by Crippen LogP contribution is -2.26. The van der Waals surface area contributed by atoms with E-state index in [0.717, 1.165) is 25.9 Å². The summed E-state index contributed by atoms with van der Waals surface area (Å²) in [6, 6.07) is 15.2. The summed E-state index contributed by atoms with van der Waals surface area (Å²) in [5, 5.41) is 3.58. The molecule has 0 aliphatic heterocycles. The molecule has 0 aliphatic carbocycles. The van der Waals surface area contributed by atoms with Gasteiger partial charge in [0.2, 0.25) is 0 Å². The van der Waals surface area contributed by atoms with Crippen LogP contribution in [-0.2, 0) is 12.8 Å². The van der Waals surface area contributed by atoms with E-state index in [4.69, 9.17) is 0 Å². The molecule has 3 heteroatoms. The maximum absolute atomic E-state index is 3.58. The van der Waals surface area contributed by atoms with Gasteiger partial charge in [0.15, 0.2) is 0 Å². The number of halogens is 1. The Morgan fingerprint density at radius 2 is 1.90 bits per heavy atom. The molecule has 1 aromatic heterocycles. The molecule has 1 atom stereocenters. The Balaban J connectivity index is 1.96. The van der Waals surface area contributed by atoms with Gasteiger partial charge in [-0.05, 0) is 71.9 Å². The third-order valence-electron chi connectivity index (χ3n) is 3.35. The minimum Gasteiger partial charge on any atom is -0.316 e. The highest BCUT2D eigenvalue weighted by Gasteiger charge is 2.12. The number of thiophene rings is 1. The van der Waals surface area contributed by atoms with Crippen molar-refractivity contribution < 1.29 is 0 Å². The molecule has 20 heavy (non-hydrogen) atoms. The zero-order valence-electron chi connectivity index (χ0n) is 11.9. The zero-order valence-corrected chi connectivity index (χ0v) is 14.3. The van der Waals surface area contributed by atoms with Crippen LogP contribution in [0.2, 0.25) is 0 Å². The van der Waals surface area contributed by atoms with Crippen LogP contribution in [-0.4, -0.2) is 13.1 Å². The molecule has 1 unspecified atom stereocenters. The Bertz CT molecular complexity index is 495. The number of benzene rings is 1. The number of hydrogen-bond acceptors (Lipinski definition) is 2. The zero-order chi connectivity index (χ0) is 14.2. The van der Waals surface area contributed by atoms with Crippen LogP contribution in [0, 0.1) is 5.92 Å². The van der Waals surface area contributed by atoms with Gasteiger partial charge in [0.25, 0.3) is 0 Å². The molecule has 2 aromatic rings. The van der Waals surface area contributed by atoms with Crippen LogP contribution >= 0.6 is 27.3 Å². The van der Waals surface area contributed by atoms with Crippen molar-refractivity contribution in [2.45, 2.75) is 26.2 Å². The first-order chi connectivity index (χ1) is 9.78. The van der Waals surface area contributed by atoms with Crippen molar-refractivity contribution in [1.82, 2.24) is 5.32 Å². The highest BCUT2D eigenvalue weighted by molar-refractivity contribution is 9.11. The fourth-order valence-corrected chi connectivity index (χ4v) is 3.99. The van der Waals surface area contributed by atoms with Gasteiger partial charge in [0.05, 0.1) is 3.79 Å². The largest absolute Gasteiger partial charge is 0.316 e. The molecule has 0 radical (unpaired) electrons. The molecule has 0 saturated heterocycles. The molecule has 0 bridgehead atoms. The van der Waals surface area contributed by atoms with E-state index < -0.39 is 0 Å². The van der Waals surface area contributed by atoms with E-state index in [0.29, 0.717) is 5.92 Å². The van der Waals surface area contributed by atoms with Crippen molar-refractivity contribution in [2.24, 2.45) is 5.92 Å². The van der Waals surface area contributed by atoms with E-state index in [9.17, 15) is 0 Å². The third-order valence-corrected chi connectivity index (χ3v) is 4.99. The minimum absolute atomic E-state index is 0.662. The summed E-state index contributed by atoms with van der Waals surface area (Å²) in [5.41, 5.74) is 1.44. The summed E-state index contributed by atoms with van der Waals surface area (Å²) in [7, 11) is 0. The molecule has 0 amide bonds. The molecule has 1 heterocycles. The normalized spacial score (nSPS) is 12.5.